The van der Waals surface area contributed by atoms with Crippen LogP contribution in [0.3, 0.4) is 0 Å². The van der Waals surface area contributed by atoms with Gasteiger partial charge in [-0.15, -0.1) is 0 Å². The highest BCUT2D eigenvalue weighted by atomic mass is 16.7. The van der Waals surface area contributed by atoms with E-state index in [2.05, 4.69) is 80.5 Å². The minimum atomic E-state index is -2.67. The van der Waals surface area contributed by atoms with Crippen molar-refractivity contribution in [1.82, 2.24) is 0 Å². The van der Waals surface area contributed by atoms with Crippen LogP contribution in [0.4, 0.5) is 0 Å². The van der Waals surface area contributed by atoms with Gasteiger partial charge in [-0.05, 0) is 117 Å². The average Bonchev–Trinajstić information content (AvgIpc) is 2.59. The van der Waals surface area contributed by atoms with Crippen LogP contribution >= 0.6 is 0 Å². The van der Waals surface area contributed by atoms with Crippen molar-refractivity contribution < 1.29 is 15.3 Å². The van der Waals surface area contributed by atoms with Gasteiger partial charge >= 0.3 is 0 Å². The molecule has 0 rings (SSSR count). The number of aliphatic hydroxyl groups is 3. The molecule has 0 aliphatic rings. The second-order valence-corrected chi connectivity index (χ2v) is 11.4. The zero-order chi connectivity index (χ0) is 24.9. The van der Waals surface area contributed by atoms with E-state index in [1.54, 1.807) is 0 Å². The van der Waals surface area contributed by atoms with Crippen molar-refractivity contribution in [2.24, 2.45) is 23.2 Å². The molecule has 0 spiro atoms. The van der Waals surface area contributed by atoms with Gasteiger partial charge in [0.25, 0.3) is 5.97 Å². The van der Waals surface area contributed by atoms with E-state index < -0.39 is 11.4 Å². The Hall–Kier alpha value is -0.900. The summed E-state index contributed by atoms with van der Waals surface area (Å²) in [5, 5.41) is 32.1. The predicted molar refractivity (Wildman–Crippen MR) is 139 cm³/mol. The molecule has 0 saturated heterocycles. The van der Waals surface area contributed by atoms with Crippen molar-refractivity contribution in [3.8, 4) is 0 Å². The molecule has 3 nitrogen and oxygen atoms in total. The van der Waals surface area contributed by atoms with Gasteiger partial charge in [0.05, 0.1) is 5.41 Å². The molecule has 0 heterocycles. The minimum Gasteiger partial charge on any atom is -0.343 e. The number of rotatable bonds is 16. The predicted octanol–water partition coefficient (Wildman–Crippen LogP) is 7.92. The van der Waals surface area contributed by atoms with E-state index in [0.717, 1.165) is 38.5 Å². The summed E-state index contributed by atoms with van der Waals surface area (Å²) in [6.07, 6.45) is 14.5. The normalized spacial score (nSPS) is 16.5. The molecule has 0 aliphatic heterocycles. The van der Waals surface area contributed by atoms with E-state index in [4.69, 9.17) is 0 Å². The van der Waals surface area contributed by atoms with E-state index in [1.807, 2.05) is 0 Å². The summed E-state index contributed by atoms with van der Waals surface area (Å²) in [6, 6.07) is 0. The summed E-state index contributed by atoms with van der Waals surface area (Å²) in [4.78, 5) is 0. The van der Waals surface area contributed by atoms with Gasteiger partial charge in [0.1, 0.15) is 0 Å². The Balaban J connectivity index is 5.63. The summed E-state index contributed by atoms with van der Waals surface area (Å²) in [7, 11) is 0. The Morgan fingerprint density at radius 2 is 0.812 bits per heavy atom. The molecular weight excluding hydrogens is 396 g/mol. The van der Waals surface area contributed by atoms with E-state index in [0.29, 0.717) is 37.0 Å². The van der Waals surface area contributed by atoms with E-state index in [9.17, 15) is 15.3 Å². The Morgan fingerprint density at radius 3 is 1.00 bits per heavy atom. The van der Waals surface area contributed by atoms with E-state index >= 15 is 0 Å². The summed E-state index contributed by atoms with van der Waals surface area (Å²) in [5.41, 5.74) is 3.01. The smallest absolute Gasteiger partial charge is 0.281 e. The van der Waals surface area contributed by atoms with Crippen LogP contribution in [0.15, 0.2) is 34.9 Å². The Labute approximate surface area is 199 Å². The van der Waals surface area contributed by atoms with Crippen LogP contribution in [-0.4, -0.2) is 21.3 Å². The van der Waals surface area contributed by atoms with Gasteiger partial charge < -0.3 is 15.3 Å². The van der Waals surface area contributed by atoms with Crippen LogP contribution in [0, 0.1) is 23.2 Å². The molecule has 0 amide bonds. The Morgan fingerprint density at radius 1 is 0.562 bits per heavy atom. The van der Waals surface area contributed by atoms with Gasteiger partial charge in [0.15, 0.2) is 0 Å². The molecule has 0 saturated carbocycles. The molecule has 0 aromatic rings. The van der Waals surface area contributed by atoms with Gasteiger partial charge in [0.2, 0.25) is 0 Å². The third-order valence-electron chi connectivity index (χ3n) is 6.57. The highest BCUT2D eigenvalue weighted by Crippen LogP contribution is 2.48. The monoisotopic (exact) mass is 450 g/mol. The Kier molecular flexibility index (Phi) is 14.7. The number of hydrogen-bond donors (Lipinski definition) is 3. The molecule has 3 N–H and O–H groups in total. The first-order valence-corrected chi connectivity index (χ1v) is 12.8. The lowest BCUT2D eigenvalue weighted by atomic mass is 9.65. The standard InChI is InChI=1S/C29H54O3/c1-22(2)13-10-16-25(7)19-28(29(30,31)32,20-26(8)17-11-14-23(3)4)21-27(9)18-12-15-24(5)6/h13-15,25-27,30-32H,10-12,16-21H2,1-9H3. The van der Waals surface area contributed by atoms with Gasteiger partial charge in [-0.3, -0.25) is 0 Å². The van der Waals surface area contributed by atoms with E-state index in [1.165, 1.54) is 16.7 Å². The van der Waals surface area contributed by atoms with Crippen molar-refractivity contribution in [2.45, 2.75) is 126 Å². The second-order valence-electron chi connectivity index (χ2n) is 11.4. The highest BCUT2D eigenvalue weighted by Gasteiger charge is 2.50. The molecular formula is C29H54O3. The van der Waals surface area contributed by atoms with Crippen LogP contribution in [-0.2, 0) is 0 Å². The van der Waals surface area contributed by atoms with Crippen LogP contribution in [0.25, 0.3) is 0 Å². The first-order chi connectivity index (χ1) is 14.7. The molecule has 3 unspecified atom stereocenters. The molecule has 0 bridgehead atoms. The van der Waals surface area contributed by atoms with Gasteiger partial charge in [-0.25, -0.2) is 0 Å². The fourth-order valence-corrected chi connectivity index (χ4v) is 4.94. The quantitative estimate of drug-likeness (QED) is 0.165. The molecule has 0 aromatic carbocycles. The molecule has 0 aromatic heterocycles. The van der Waals surface area contributed by atoms with Crippen molar-refractivity contribution in [1.29, 1.82) is 0 Å². The number of allylic oxidation sites excluding steroid dienone is 6. The van der Waals surface area contributed by atoms with Gasteiger partial charge in [-0.2, -0.15) is 0 Å². The SMILES string of the molecule is CC(C)=CCCC(C)CC(CC(C)CCC=C(C)C)(CC(C)CCC=C(C)C)C(O)(O)O. The van der Waals surface area contributed by atoms with Crippen molar-refractivity contribution in [3.05, 3.63) is 34.9 Å². The zero-order valence-corrected chi connectivity index (χ0v) is 22.7. The highest BCUT2D eigenvalue weighted by molar-refractivity contribution is 4.96. The lowest BCUT2D eigenvalue weighted by Crippen LogP contribution is -2.51. The second kappa shape index (κ2) is 15.1. The van der Waals surface area contributed by atoms with Gasteiger partial charge in [0, 0.05) is 0 Å². The average molecular weight is 451 g/mol. The first-order valence-electron chi connectivity index (χ1n) is 12.8. The summed E-state index contributed by atoms with van der Waals surface area (Å²) in [6.45, 7) is 19.2. The lowest BCUT2D eigenvalue weighted by molar-refractivity contribution is -0.384. The lowest BCUT2D eigenvalue weighted by Gasteiger charge is -2.45. The zero-order valence-electron chi connectivity index (χ0n) is 22.7. The van der Waals surface area contributed by atoms with Crippen molar-refractivity contribution in [2.75, 3.05) is 0 Å². The summed E-state index contributed by atoms with van der Waals surface area (Å²) in [5.74, 6) is -1.78. The molecule has 32 heavy (non-hydrogen) atoms. The fourth-order valence-electron chi connectivity index (χ4n) is 4.94. The van der Waals surface area contributed by atoms with Crippen LogP contribution in [0.5, 0.6) is 0 Å². The molecule has 3 heteroatoms. The maximum absolute atomic E-state index is 10.7. The minimum absolute atomic E-state index is 0.298. The van der Waals surface area contributed by atoms with E-state index in [-0.39, 0.29) is 0 Å². The first kappa shape index (κ1) is 31.1. The molecule has 188 valence electrons. The third-order valence-corrected chi connectivity index (χ3v) is 6.57. The maximum Gasteiger partial charge on any atom is 0.281 e. The topological polar surface area (TPSA) is 60.7 Å². The molecule has 0 fully saturated rings. The molecule has 0 radical (unpaired) electrons. The van der Waals surface area contributed by atoms with Crippen LogP contribution in [0.2, 0.25) is 0 Å². The summed E-state index contributed by atoms with van der Waals surface area (Å²) < 4.78 is 0. The van der Waals surface area contributed by atoms with Crippen LogP contribution < -0.4 is 0 Å². The largest absolute Gasteiger partial charge is 0.343 e. The fraction of sp³-hybridized carbons (Fsp3) is 0.793. The van der Waals surface area contributed by atoms with Crippen LogP contribution in [0.1, 0.15) is 120 Å². The Bertz CT molecular complexity index is 520. The summed E-state index contributed by atoms with van der Waals surface area (Å²) >= 11 is 0. The number of hydrogen-bond acceptors (Lipinski definition) is 3. The maximum atomic E-state index is 10.7. The van der Waals surface area contributed by atoms with Crippen molar-refractivity contribution >= 4 is 0 Å². The molecule has 0 aliphatic carbocycles. The molecule has 3 atom stereocenters. The van der Waals surface area contributed by atoms with Crippen molar-refractivity contribution in [3.63, 3.8) is 0 Å². The van der Waals surface area contributed by atoms with Gasteiger partial charge in [-0.1, -0.05) is 55.7 Å². The third kappa shape index (κ3) is 13.6.